The number of allylic oxidation sites excluding steroid dienone is 5. The van der Waals surface area contributed by atoms with Gasteiger partial charge in [0.2, 0.25) is 0 Å². The second kappa shape index (κ2) is 23.5. The number of Topliss-reactive ketones (excluding diaryl/α,β-unsaturated/α-hetero) is 2. The van der Waals surface area contributed by atoms with Crippen LogP contribution < -0.4 is 16.8 Å². The van der Waals surface area contributed by atoms with Crippen LogP contribution >= 0.6 is 21.6 Å². The Hall–Kier alpha value is -4.66. The number of H-pyrrole nitrogens is 1. The van der Waals surface area contributed by atoms with Crippen LogP contribution in [0.15, 0.2) is 82.8 Å². The smallest absolute Gasteiger partial charge is 0.313 e. The van der Waals surface area contributed by atoms with Gasteiger partial charge < -0.3 is 72.5 Å². The maximum absolute atomic E-state index is 16.5. The van der Waals surface area contributed by atoms with E-state index in [1.165, 1.54) is 27.2 Å². The highest BCUT2D eigenvalue weighted by molar-refractivity contribution is 8.76. The number of nitrogens with zero attached hydrogens (tertiary/aromatic N) is 1. The Morgan fingerprint density at radius 1 is 0.909 bits per heavy atom. The Morgan fingerprint density at radius 3 is 2.41 bits per heavy atom. The third-order valence-corrected chi connectivity index (χ3v) is 27.4. The molecule has 2 aliphatic heterocycles. The molecule has 88 heavy (non-hydrogen) atoms. The highest BCUT2D eigenvalue weighted by Crippen LogP contribution is 2.77. The number of aliphatic imine (C=N–C) groups is 1. The number of nitrogens with two attached hydrogens (primary N) is 2. The minimum absolute atomic E-state index is 0.00514. The molecule has 15 N–H and O–H groups in total. The number of guanidine groups is 1. The molecule has 11 aliphatic rings. The number of aromatic hydroxyl groups is 1. The fourth-order valence-corrected chi connectivity index (χ4v) is 24.2. The standard InChI is InChI=1S/C68H89N5O13S2/c1-32-7-8-34-20-35-12-16-43-42(46-29-86-63(83)53(46)38-17-18-71-26-38)6-4-5-37-24-68(85)57-55(36-9-13-40(27-72-64(69)70)67(68,23-36)61(37)66(3,84)51(78)22-45(62(81)82)52(35)54(43)44(34)19-32)65(2)25-50(77)59(79)47-31-88-87-30-39(33-10-14-41(75)15-11-33)21-49(76)48(28-74)73-58(57)60(80)56(47)65/h10-12,14-18,20,26,32,35-37,39-40,42-48,50-56,59,61-62,71,73-75,77-79,81-82,84-85H,5,7-9,13,19,21-25,27-31H2,1-3H3,(H4,69,70,72)/t32-,35+,36-,37+,39+,40+,42+,43+,44-,45+,46-,47+,48+,50-,51+,52-,53-,54-,55-,56-,59+,61+,65+,66-,67-,68+/m0/s1. The summed E-state index contributed by atoms with van der Waals surface area (Å²) in [6, 6.07) is 7.17. The zero-order chi connectivity index (χ0) is 62.1. The first-order chi connectivity index (χ1) is 42.0. The van der Waals surface area contributed by atoms with E-state index in [0.29, 0.717) is 30.1 Å². The maximum atomic E-state index is 16.5. The molecule has 2 aromatic rings. The summed E-state index contributed by atoms with van der Waals surface area (Å²) in [6.45, 7) is 5.22. The zero-order valence-electron chi connectivity index (χ0n) is 50.4. The number of carbonyl (C=O) groups excluding carboxylic acids is 3. The summed E-state index contributed by atoms with van der Waals surface area (Å²) in [4.78, 5) is 53.4. The third-order valence-electron chi connectivity index (χ3n) is 24.8. The number of aromatic amines is 1. The number of nitrogens with one attached hydrogen (secondary N) is 2. The average Bonchev–Trinajstić information content (AvgIpc) is 1.31. The SMILES string of the molecule is C[C@H]1CCC2=C[C@H]3C=C[C@@H]4[C@H]([C@@H]5COC(=O)[C@H]5c5cc[nH]c5)C#CC[C@@H]5C[C@@]6(O)C7=C8N[C@H](CO)C(=O)C[C@@H](c9ccc(O)cc9)CSSC[C@H]9[C@@H](O)[C@@H](O)C[C@](C)([C@H]7[C@H]7CC[C@H](CN=C(N)N)[C@@]6(C7)[C@H]5[C@@](C)(O)[C@H](O)C[C@@H](C(O)O)[C@H]3[C@@H]4[C@H]2C1)[C@@H]9C8=O. The summed E-state index contributed by atoms with van der Waals surface area (Å²) in [5.41, 5.74) is 8.79. The average molecular weight is 1250 g/mol. The van der Waals surface area contributed by atoms with Gasteiger partial charge >= 0.3 is 5.97 Å². The summed E-state index contributed by atoms with van der Waals surface area (Å²) in [6.07, 6.45) is 7.86. The van der Waals surface area contributed by atoms with Crippen molar-refractivity contribution in [1.82, 2.24) is 10.3 Å². The molecule has 1 spiro atoms. The van der Waals surface area contributed by atoms with Gasteiger partial charge in [0.25, 0.3) is 0 Å². The number of aliphatic hydroxyl groups excluding tert-OH is 5. The van der Waals surface area contributed by atoms with Crippen molar-refractivity contribution in [2.75, 3.05) is 31.3 Å². The van der Waals surface area contributed by atoms with E-state index in [4.69, 9.17) is 16.2 Å². The lowest BCUT2D eigenvalue weighted by Gasteiger charge is -2.69. The van der Waals surface area contributed by atoms with Gasteiger partial charge in [-0.2, -0.15) is 0 Å². The lowest BCUT2D eigenvalue weighted by molar-refractivity contribution is -0.233. The van der Waals surface area contributed by atoms with E-state index in [1.807, 2.05) is 19.2 Å². The number of fused-ring (bicyclic) bond motifs is 8. The van der Waals surface area contributed by atoms with Gasteiger partial charge in [0.15, 0.2) is 23.8 Å². The Labute approximate surface area is 522 Å². The predicted octanol–water partition coefficient (Wildman–Crippen LogP) is 4.80. The zero-order valence-corrected chi connectivity index (χ0v) is 52.1. The number of ether oxygens (including phenoxy) is 1. The first kappa shape index (κ1) is 62.2. The van der Waals surface area contributed by atoms with Gasteiger partial charge in [-0.3, -0.25) is 19.4 Å². The molecule has 1 aromatic heterocycles. The minimum Gasteiger partial charge on any atom is -0.508 e. The number of hydrogen-bond donors (Lipinski definition) is 13. The van der Waals surface area contributed by atoms with E-state index >= 15 is 14.7 Å². The van der Waals surface area contributed by atoms with E-state index in [1.54, 1.807) is 37.4 Å². The van der Waals surface area contributed by atoms with Crippen LogP contribution in [0.25, 0.3) is 0 Å². The highest BCUT2D eigenvalue weighted by atomic mass is 33.1. The normalized spacial score (nSPS) is 46.4. The van der Waals surface area contributed by atoms with Crippen molar-refractivity contribution in [3.8, 4) is 17.6 Å². The molecule has 0 unspecified atom stereocenters. The van der Waals surface area contributed by atoms with Crippen LogP contribution in [0.3, 0.4) is 0 Å². The van der Waals surface area contributed by atoms with Crippen LogP contribution in [0, 0.1) is 117 Å². The highest BCUT2D eigenvalue weighted by Gasteiger charge is 2.79. The van der Waals surface area contributed by atoms with Crippen molar-refractivity contribution in [2.45, 2.75) is 145 Å². The first-order valence-electron chi connectivity index (χ1n) is 32.3. The van der Waals surface area contributed by atoms with Crippen LogP contribution in [0.4, 0.5) is 0 Å². The van der Waals surface area contributed by atoms with E-state index < -0.39 is 142 Å². The Kier molecular flexibility index (Phi) is 16.6. The van der Waals surface area contributed by atoms with E-state index in [-0.39, 0.29) is 110 Å². The molecule has 0 amide bonds. The lowest BCUT2D eigenvalue weighted by Crippen LogP contribution is -2.71. The summed E-state index contributed by atoms with van der Waals surface area (Å²) >= 11 is 0. The van der Waals surface area contributed by atoms with Gasteiger partial charge in [-0.1, -0.05) is 77.3 Å². The number of hydrogen-bond acceptors (Lipinski definition) is 17. The summed E-state index contributed by atoms with van der Waals surface area (Å²) in [5, 5.41) is 116. The van der Waals surface area contributed by atoms with E-state index in [9.17, 15) is 45.6 Å². The molecule has 2 saturated heterocycles. The van der Waals surface area contributed by atoms with Crippen LogP contribution in [-0.2, 0) is 19.1 Å². The molecule has 9 aliphatic carbocycles. The molecule has 20 heteroatoms. The van der Waals surface area contributed by atoms with Crippen molar-refractivity contribution < 1.29 is 65.1 Å². The van der Waals surface area contributed by atoms with Crippen molar-refractivity contribution in [1.29, 1.82) is 0 Å². The van der Waals surface area contributed by atoms with Crippen molar-refractivity contribution in [3.05, 3.63) is 88.9 Å². The van der Waals surface area contributed by atoms with Gasteiger partial charge in [0.05, 0.1) is 54.3 Å². The molecular weight excluding hydrogens is 1160 g/mol. The number of cyclic esters (lactones) is 1. The molecule has 26 atom stereocenters. The molecule has 7 fully saturated rings. The fourth-order valence-electron chi connectivity index (χ4n) is 21.4. The van der Waals surface area contributed by atoms with Crippen LogP contribution in [0.2, 0.25) is 0 Å². The van der Waals surface area contributed by atoms with Gasteiger partial charge in [0, 0.05) is 90.1 Å². The Bertz CT molecular complexity index is 3210. The second-order valence-electron chi connectivity index (χ2n) is 29.2. The van der Waals surface area contributed by atoms with Gasteiger partial charge in [-0.25, -0.2) is 0 Å². The summed E-state index contributed by atoms with van der Waals surface area (Å²) in [7, 11) is 2.95. The number of benzene rings is 1. The van der Waals surface area contributed by atoms with Crippen molar-refractivity contribution in [3.63, 3.8) is 0 Å². The molecule has 18 nitrogen and oxygen atoms in total. The fraction of sp³-hybridized carbons (Fsp3) is 0.676. The molecule has 13 rings (SSSR count). The molecule has 8 bridgehead atoms. The number of phenolic OH excluding ortho intramolecular Hbond substituents is 1. The number of aliphatic hydroxyl groups is 8. The Morgan fingerprint density at radius 2 is 1.68 bits per heavy atom. The van der Waals surface area contributed by atoms with E-state index in [0.717, 1.165) is 30.4 Å². The molecule has 476 valence electrons. The lowest BCUT2D eigenvalue weighted by atomic mass is 9.37. The summed E-state index contributed by atoms with van der Waals surface area (Å²) < 4.78 is 6.02. The molecule has 3 heterocycles. The third kappa shape index (κ3) is 9.90. The quantitative estimate of drug-likeness (QED) is 0.0337. The maximum Gasteiger partial charge on any atom is 0.313 e. The number of esters is 1. The second-order valence-corrected chi connectivity index (χ2v) is 31.8. The van der Waals surface area contributed by atoms with Gasteiger partial charge in [0.1, 0.15) is 11.8 Å². The number of aromatic nitrogens is 1. The van der Waals surface area contributed by atoms with E-state index in [2.05, 4.69) is 52.3 Å². The molecule has 0 radical (unpaired) electrons. The molecular formula is C68H89N5O13S2. The van der Waals surface area contributed by atoms with Crippen LogP contribution in [0.1, 0.15) is 114 Å². The topological polar surface area (TPSA) is 335 Å². The number of ketones is 2. The number of rotatable bonds is 7. The number of carbonyl (C=O) groups is 3. The van der Waals surface area contributed by atoms with Crippen LogP contribution in [-0.4, -0.2) is 148 Å². The van der Waals surface area contributed by atoms with Crippen molar-refractivity contribution in [2.24, 2.45) is 122 Å². The van der Waals surface area contributed by atoms with Crippen LogP contribution in [0.5, 0.6) is 5.75 Å². The summed E-state index contributed by atoms with van der Waals surface area (Å²) in [5.74, 6) is -2.06. The first-order valence-corrected chi connectivity index (χ1v) is 34.8. The number of phenols is 1. The largest absolute Gasteiger partial charge is 0.508 e. The minimum atomic E-state index is -2.13. The molecule has 1 aromatic carbocycles. The van der Waals surface area contributed by atoms with Gasteiger partial charge in [-0.15, -0.1) is 5.92 Å². The monoisotopic (exact) mass is 1250 g/mol. The Balaban J connectivity index is 1.02. The van der Waals surface area contributed by atoms with Gasteiger partial charge in [-0.05, 0) is 164 Å². The predicted molar refractivity (Wildman–Crippen MR) is 332 cm³/mol. The molecule has 5 saturated carbocycles. The van der Waals surface area contributed by atoms with Crippen molar-refractivity contribution >= 4 is 45.1 Å².